The number of hydrogen-bond donors (Lipinski definition) is 3. The lowest BCUT2D eigenvalue weighted by molar-refractivity contribution is 0.101. The van der Waals surface area contributed by atoms with Crippen LogP contribution < -0.4 is 20.1 Å². The number of sulfonamides is 1. The van der Waals surface area contributed by atoms with Gasteiger partial charge in [0.25, 0.3) is 5.91 Å². The van der Waals surface area contributed by atoms with Gasteiger partial charge < -0.3 is 24.8 Å². The van der Waals surface area contributed by atoms with Crippen molar-refractivity contribution < 1.29 is 31.5 Å². The van der Waals surface area contributed by atoms with Crippen LogP contribution in [-0.4, -0.2) is 62.1 Å². The molecule has 2 unspecified atom stereocenters. The molecule has 1 aromatic carbocycles. The standard InChI is InChI=1S/C19H21F2N5O5S/c1-22-19(28)26-6-5-13-14(26)9-31-17-15(32(29,30)24-13)8-25(2)16(17)18(27)23-10-3-4-11(20)12(21)7-10/h3-4,7-8,13-14,24H,5-6,9H2,1-2H3,(H,22,28)(H,23,27). The number of carbonyl (C=O) groups is 2. The zero-order valence-electron chi connectivity index (χ0n) is 17.2. The zero-order chi connectivity index (χ0) is 23.2. The second-order valence-corrected chi connectivity index (χ2v) is 9.19. The summed E-state index contributed by atoms with van der Waals surface area (Å²) < 4.78 is 62.4. The topological polar surface area (TPSA) is 122 Å². The molecule has 0 aliphatic carbocycles. The van der Waals surface area contributed by atoms with Gasteiger partial charge in [0.2, 0.25) is 10.0 Å². The summed E-state index contributed by atoms with van der Waals surface area (Å²) in [5, 5.41) is 4.93. The molecule has 1 fully saturated rings. The van der Waals surface area contributed by atoms with Crippen LogP contribution in [0.1, 0.15) is 16.9 Å². The maximum absolute atomic E-state index is 13.5. The van der Waals surface area contributed by atoms with Crippen molar-refractivity contribution >= 4 is 27.6 Å². The normalized spacial score (nSPS) is 21.6. The molecular formula is C19H21F2N5O5S. The smallest absolute Gasteiger partial charge is 0.317 e. The van der Waals surface area contributed by atoms with Crippen LogP contribution in [0.4, 0.5) is 19.3 Å². The third-order valence-electron chi connectivity index (χ3n) is 5.51. The fourth-order valence-corrected chi connectivity index (χ4v) is 5.46. The van der Waals surface area contributed by atoms with E-state index in [9.17, 15) is 26.8 Å². The maximum Gasteiger partial charge on any atom is 0.317 e. The number of nitrogens with zero attached hydrogens (tertiary/aromatic N) is 2. The fraction of sp³-hybridized carbons (Fsp3) is 0.368. The van der Waals surface area contributed by atoms with Crippen molar-refractivity contribution in [1.29, 1.82) is 0 Å². The molecule has 0 bridgehead atoms. The van der Waals surface area contributed by atoms with E-state index in [1.54, 1.807) is 0 Å². The van der Waals surface area contributed by atoms with Gasteiger partial charge in [0.1, 0.15) is 11.5 Å². The minimum atomic E-state index is -4.08. The Kier molecular flexibility index (Phi) is 5.54. The molecule has 10 nitrogen and oxygen atoms in total. The van der Waals surface area contributed by atoms with E-state index in [0.717, 1.165) is 12.1 Å². The molecule has 3 heterocycles. The van der Waals surface area contributed by atoms with E-state index >= 15 is 0 Å². The summed E-state index contributed by atoms with van der Waals surface area (Å²) in [6.45, 7) is 0.283. The molecular weight excluding hydrogens is 448 g/mol. The highest BCUT2D eigenvalue weighted by Gasteiger charge is 2.43. The SMILES string of the molecule is CNC(=O)N1CCC2NS(=O)(=O)c3cn(C)c(C(=O)Nc4ccc(F)c(F)c4)c3OCC21. The molecule has 3 amide bonds. The molecule has 32 heavy (non-hydrogen) atoms. The third kappa shape index (κ3) is 3.77. The fourth-order valence-electron chi connectivity index (χ4n) is 3.96. The number of halogens is 2. The van der Waals surface area contributed by atoms with E-state index in [-0.39, 0.29) is 34.7 Å². The van der Waals surface area contributed by atoms with Gasteiger partial charge >= 0.3 is 6.03 Å². The number of nitrogens with one attached hydrogen (secondary N) is 3. The van der Waals surface area contributed by atoms with Gasteiger partial charge in [0, 0.05) is 44.6 Å². The van der Waals surface area contributed by atoms with Crippen LogP contribution >= 0.6 is 0 Å². The van der Waals surface area contributed by atoms with Crippen LogP contribution in [0, 0.1) is 11.6 Å². The highest BCUT2D eigenvalue weighted by Crippen LogP contribution is 2.34. The third-order valence-corrected chi connectivity index (χ3v) is 6.99. The minimum Gasteiger partial charge on any atom is -0.487 e. The Morgan fingerprint density at radius 1 is 1.25 bits per heavy atom. The molecule has 172 valence electrons. The lowest BCUT2D eigenvalue weighted by atomic mass is 10.1. The second-order valence-electron chi connectivity index (χ2n) is 7.51. The van der Waals surface area contributed by atoms with Gasteiger partial charge in [0.05, 0.1) is 6.04 Å². The average molecular weight is 469 g/mol. The summed E-state index contributed by atoms with van der Waals surface area (Å²) in [5.41, 5.74) is -0.143. The zero-order valence-corrected chi connectivity index (χ0v) is 18.0. The van der Waals surface area contributed by atoms with Crippen LogP contribution in [0.25, 0.3) is 0 Å². The van der Waals surface area contributed by atoms with Gasteiger partial charge in [-0.25, -0.2) is 26.7 Å². The number of fused-ring (bicyclic) bond motifs is 2. The maximum atomic E-state index is 13.5. The number of ether oxygens (including phenoxy) is 1. The summed E-state index contributed by atoms with van der Waals surface area (Å²) in [7, 11) is -1.14. The number of carbonyl (C=O) groups excluding carboxylic acids is 2. The van der Waals surface area contributed by atoms with Crippen LogP contribution in [-0.2, 0) is 17.1 Å². The molecule has 2 atom stereocenters. The van der Waals surface area contributed by atoms with Gasteiger partial charge in [-0.2, -0.15) is 0 Å². The molecule has 0 saturated carbocycles. The second kappa shape index (κ2) is 8.06. The van der Waals surface area contributed by atoms with Gasteiger partial charge in [-0.1, -0.05) is 0 Å². The minimum absolute atomic E-state index is 0.0164. The Morgan fingerprint density at radius 3 is 2.69 bits per heavy atom. The van der Waals surface area contributed by atoms with Crippen molar-refractivity contribution in [2.75, 3.05) is 25.5 Å². The van der Waals surface area contributed by atoms with E-state index in [1.807, 2.05) is 0 Å². The summed E-state index contributed by atoms with van der Waals surface area (Å²) in [5.74, 6) is -3.18. The van der Waals surface area contributed by atoms with Gasteiger partial charge in [-0.05, 0) is 18.6 Å². The van der Waals surface area contributed by atoms with E-state index < -0.39 is 39.6 Å². The Morgan fingerprint density at radius 2 is 2.00 bits per heavy atom. The van der Waals surface area contributed by atoms with Crippen LogP contribution in [0.5, 0.6) is 5.75 Å². The van der Waals surface area contributed by atoms with E-state index in [1.165, 1.54) is 35.8 Å². The summed E-state index contributed by atoms with van der Waals surface area (Å²) in [6, 6.07) is 1.34. The van der Waals surface area contributed by atoms with Crippen molar-refractivity contribution in [2.24, 2.45) is 7.05 Å². The van der Waals surface area contributed by atoms with E-state index in [2.05, 4.69) is 15.4 Å². The predicted octanol–water partition coefficient (Wildman–Crippen LogP) is 1.01. The molecule has 13 heteroatoms. The first-order chi connectivity index (χ1) is 15.1. The molecule has 2 aliphatic rings. The summed E-state index contributed by atoms with van der Waals surface area (Å²) >= 11 is 0. The molecule has 0 spiro atoms. The number of aryl methyl sites for hydroxylation is 1. The van der Waals surface area contributed by atoms with Gasteiger partial charge in [-0.15, -0.1) is 0 Å². The monoisotopic (exact) mass is 469 g/mol. The molecule has 1 aromatic heterocycles. The van der Waals surface area contributed by atoms with Crippen LogP contribution in [0.3, 0.4) is 0 Å². The van der Waals surface area contributed by atoms with Crippen LogP contribution in [0.15, 0.2) is 29.3 Å². The lowest BCUT2D eigenvalue weighted by Crippen LogP contribution is -2.52. The van der Waals surface area contributed by atoms with Crippen molar-refractivity contribution in [2.45, 2.75) is 23.4 Å². The van der Waals surface area contributed by atoms with Crippen molar-refractivity contribution in [1.82, 2.24) is 19.5 Å². The first-order valence-corrected chi connectivity index (χ1v) is 11.2. The lowest BCUT2D eigenvalue weighted by Gasteiger charge is -2.30. The Bertz CT molecular complexity index is 1200. The first-order valence-electron chi connectivity index (χ1n) is 9.71. The van der Waals surface area contributed by atoms with Crippen molar-refractivity contribution in [3.63, 3.8) is 0 Å². The predicted molar refractivity (Wildman–Crippen MR) is 109 cm³/mol. The van der Waals surface area contributed by atoms with E-state index in [4.69, 9.17) is 4.74 Å². The van der Waals surface area contributed by atoms with Crippen molar-refractivity contribution in [3.05, 3.63) is 41.7 Å². The first kappa shape index (κ1) is 22.0. The van der Waals surface area contributed by atoms with Crippen LogP contribution in [0.2, 0.25) is 0 Å². The van der Waals surface area contributed by atoms with Crippen molar-refractivity contribution in [3.8, 4) is 5.75 Å². The quantitative estimate of drug-likeness (QED) is 0.606. The Labute approximate surface area is 182 Å². The number of rotatable bonds is 2. The van der Waals surface area contributed by atoms with Gasteiger partial charge in [0.15, 0.2) is 23.1 Å². The number of anilines is 1. The number of aromatic nitrogens is 1. The number of urea groups is 1. The molecule has 2 aliphatic heterocycles. The summed E-state index contributed by atoms with van der Waals surface area (Å²) in [4.78, 5) is 26.3. The molecule has 3 N–H and O–H groups in total. The van der Waals surface area contributed by atoms with E-state index in [0.29, 0.717) is 13.0 Å². The highest BCUT2D eigenvalue weighted by atomic mass is 32.2. The Hall–Kier alpha value is -3.19. The summed E-state index contributed by atoms with van der Waals surface area (Å²) in [6.07, 6.45) is 1.65. The average Bonchev–Trinajstić information content (AvgIpc) is 3.27. The molecule has 4 rings (SSSR count). The number of likely N-dealkylation sites (tertiary alicyclic amines) is 1. The molecule has 1 saturated heterocycles. The molecule has 0 radical (unpaired) electrons. The highest BCUT2D eigenvalue weighted by molar-refractivity contribution is 7.89. The van der Waals surface area contributed by atoms with Gasteiger partial charge in [-0.3, -0.25) is 4.79 Å². The molecule has 2 aromatic rings. The number of hydrogen-bond acceptors (Lipinski definition) is 5. The number of benzene rings is 1. The number of amides is 3. The largest absolute Gasteiger partial charge is 0.487 e. The Balaban J connectivity index is 1.69.